The van der Waals surface area contributed by atoms with Gasteiger partial charge in [-0.3, -0.25) is 4.79 Å². The smallest absolute Gasteiger partial charge is 0.306 e. The molecule has 12 heavy (non-hydrogen) atoms. The number of alkyl halides is 1. The Balaban J connectivity index is 3.92. The molecule has 0 saturated heterocycles. The summed E-state index contributed by atoms with van der Waals surface area (Å²) >= 11 is 0. The molecule has 0 aliphatic heterocycles. The molecule has 1 atom stereocenters. The van der Waals surface area contributed by atoms with Gasteiger partial charge in [0.05, 0.1) is 11.7 Å². The molecule has 0 amide bonds. The summed E-state index contributed by atoms with van der Waals surface area (Å²) in [5.41, 5.74) is 0. The molecule has 0 aromatic rings. The van der Waals surface area contributed by atoms with Crippen LogP contribution in [0.25, 0.3) is 0 Å². The van der Waals surface area contributed by atoms with E-state index in [2.05, 4.69) is 0 Å². The van der Waals surface area contributed by atoms with Crippen LogP contribution in [-0.2, 0) is 14.6 Å². The molecule has 0 fully saturated rings. The molecule has 0 aliphatic rings. The van der Waals surface area contributed by atoms with E-state index in [9.17, 15) is 17.6 Å². The van der Waals surface area contributed by atoms with Gasteiger partial charge >= 0.3 is 5.97 Å². The van der Waals surface area contributed by atoms with Crippen LogP contribution in [0.3, 0.4) is 0 Å². The quantitative estimate of drug-likeness (QED) is 0.695. The van der Waals surface area contributed by atoms with Crippen LogP contribution in [0.4, 0.5) is 4.39 Å². The van der Waals surface area contributed by atoms with Gasteiger partial charge in [-0.25, -0.2) is 12.8 Å². The standard InChI is InChI=1S/C6H11FO4S/c1-5(6(8)9)2-3-12(10,11)4-7/h5H,2-4H2,1H3,(H,8,9). The lowest BCUT2D eigenvalue weighted by Crippen LogP contribution is -2.16. The number of carboxylic acid groups (broad SMARTS) is 1. The summed E-state index contributed by atoms with van der Waals surface area (Å²) in [6.45, 7) is 1.39. The van der Waals surface area contributed by atoms with Crippen molar-refractivity contribution in [2.24, 2.45) is 5.92 Å². The van der Waals surface area contributed by atoms with Crippen LogP contribution in [0.2, 0.25) is 0 Å². The SMILES string of the molecule is CC(CCS(=O)(=O)CF)C(=O)O. The monoisotopic (exact) mass is 198 g/mol. The molecule has 72 valence electrons. The van der Waals surface area contributed by atoms with E-state index in [1.165, 1.54) is 6.92 Å². The van der Waals surface area contributed by atoms with Crippen LogP contribution in [0.1, 0.15) is 13.3 Å². The maximum absolute atomic E-state index is 11.7. The van der Waals surface area contributed by atoms with E-state index in [0.29, 0.717) is 0 Å². The molecule has 0 aliphatic carbocycles. The maximum atomic E-state index is 11.7. The fourth-order valence-electron chi connectivity index (χ4n) is 0.534. The van der Waals surface area contributed by atoms with E-state index in [1.807, 2.05) is 0 Å². The maximum Gasteiger partial charge on any atom is 0.306 e. The first-order valence-electron chi connectivity index (χ1n) is 3.38. The Morgan fingerprint density at radius 1 is 1.58 bits per heavy atom. The zero-order chi connectivity index (χ0) is 9.78. The van der Waals surface area contributed by atoms with Crippen LogP contribution in [-0.4, -0.2) is 31.3 Å². The summed E-state index contributed by atoms with van der Waals surface area (Å²) < 4.78 is 32.8. The summed E-state index contributed by atoms with van der Waals surface area (Å²) in [6, 6.07) is -1.42. The molecular weight excluding hydrogens is 187 g/mol. The Morgan fingerprint density at radius 2 is 2.08 bits per heavy atom. The van der Waals surface area contributed by atoms with E-state index in [0.717, 1.165) is 0 Å². The summed E-state index contributed by atoms with van der Waals surface area (Å²) in [5.74, 6) is -2.22. The molecular formula is C6H11FO4S. The highest BCUT2D eigenvalue weighted by molar-refractivity contribution is 7.91. The van der Waals surface area contributed by atoms with Crippen LogP contribution < -0.4 is 0 Å². The highest BCUT2D eigenvalue weighted by atomic mass is 32.2. The second-order valence-electron chi connectivity index (χ2n) is 2.58. The van der Waals surface area contributed by atoms with E-state index in [1.54, 1.807) is 0 Å². The van der Waals surface area contributed by atoms with Gasteiger partial charge < -0.3 is 5.11 Å². The number of sulfone groups is 1. The Kier molecular flexibility index (Phi) is 4.16. The first-order chi connectivity index (χ1) is 5.39. The van der Waals surface area contributed by atoms with Crippen molar-refractivity contribution in [1.82, 2.24) is 0 Å². The van der Waals surface area contributed by atoms with Gasteiger partial charge in [-0.2, -0.15) is 0 Å². The van der Waals surface area contributed by atoms with Gasteiger partial charge in [0, 0.05) is 0 Å². The van der Waals surface area contributed by atoms with Crippen molar-refractivity contribution in [3.8, 4) is 0 Å². The fraction of sp³-hybridized carbons (Fsp3) is 0.833. The van der Waals surface area contributed by atoms with Gasteiger partial charge in [0.25, 0.3) is 0 Å². The molecule has 0 rings (SSSR count). The van der Waals surface area contributed by atoms with Gasteiger partial charge in [-0.05, 0) is 6.42 Å². The number of halogens is 1. The fourth-order valence-corrected chi connectivity index (χ4v) is 1.36. The normalized spacial score (nSPS) is 14.2. The lowest BCUT2D eigenvalue weighted by Gasteiger charge is -2.03. The molecule has 0 spiro atoms. The molecule has 0 saturated carbocycles. The third-order valence-corrected chi connectivity index (χ3v) is 2.64. The molecule has 0 bridgehead atoms. The first kappa shape index (κ1) is 11.4. The summed E-state index contributed by atoms with van der Waals surface area (Å²) in [5, 5.41) is 8.36. The number of hydrogen-bond acceptors (Lipinski definition) is 3. The largest absolute Gasteiger partial charge is 0.481 e. The van der Waals surface area contributed by atoms with Gasteiger partial charge in [-0.1, -0.05) is 6.92 Å². The first-order valence-corrected chi connectivity index (χ1v) is 5.20. The van der Waals surface area contributed by atoms with Crippen LogP contribution >= 0.6 is 0 Å². The van der Waals surface area contributed by atoms with E-state index in [-0.39, 0.29) is 6.42 Å². The van der Waals surface area contributed by atoms with Crippen molar-refractivity contribution < 1.29 is 22.7 Å². The van der Waals surface area contributed by atoms with Crippen LogP contribution in [0.15, 0.2) is 0 Å². The Bertz CT molecular complexity index is 246. The lowest BCUT2D eigenvalue weighted by atomic mass is 10.1. The second kappa shape index (κ2) is 4.39. The summed E-state index contributed by atoms with van der Waals surface area (Å²) in [4.78, 5) is 10.2. The Labute approximate surface area is 70.3 Å². The molecule has 1 N–H and O–H groups in total. The van der Waals surface area contributed by atoms with E-state index in [4.69, 9.17) is 5.11 Å². The topological polar surface area (TPSA) is 71.4 Å². The van der Waals surface area contributed by atoms with Gasteiger partial charge in [0.1, 0.15) is 0 Å². The van der Waals surface area contributed by atoms with Crippen molar-refractivity contribution in [2.75, 3.05) is 11.8 Å². The Morgan fingerprint density at radius 3 is 2.42 bits per heavy atom. The molecule has 0 aromatic heterocycles. The number of hydrogen-bond donors (Lipinski definition) is 1. The average molecular weight is 198 g/mol. The predicted molar refractivity (Wildman–Crippen MR) is 41.2 cm³/mol. The lowest BCUT2D eigenvalue weighted by molar-refractivity contribution is -0.141. The third-order valence-electron chi connectivity index (χ3n) is 1.45. The van der Waals surface area contributed by atoms with Crippen molar-refractivity contribution >= 4 is 15.8 Å². The minimum absolute atomic E-state index is 0.0401. The highest BCUT2D eigenvalue weighted by Crippen LogP contribution is 2.05. The molecule has 6 heteroatoms. The summed E-state index contributed by atoms with van der Waals surface area (Å²) in [6.07, 6.45) is -0.0401. The molecule has 0 heterocycles. The number of rotatable bonds is 5. The number of carboxylic acids is 1. The van der Waals surface area contributed by atoms with Crippen LogP contribution in [0, 0.1) is 5.92 Å². The van der Waals surface area contributed by atoms with Gasteiger partial charge in [-0.15, -0.1) is 0 Å². The van der Waals surface area contributed by atoms with Gasteiger partial charge in [0.2, 0.25) is 0 Å². The summed E-state index contributed by atoms with van der Waals surface area (Å²) in [7, 11) is -3.68. The van der Waals surface area contributed by atoms with E-state index < -0.39 is 33.5 Å². The zero-order valence-corrected chi connectivity index (χ0v) is 7.47. The minimum atomic E-state index is -3.68. The predicted octanol–water partition coefficient (Wildman–Crippen LogP) is 0.439. The number of carbonyl (C=O) groups is 1. The Hall–Kier alpha value is -0.650. The van der Waals surface area contributed by atoms with Crippen LogP contribution in [0.5, 0.6) is 0 Å². The molecule has 0 radical (unpaired) electrons. The molecule has 1 unspecified atom stereocenters. The third kappa shape index (κ3) is 4.27. The van der Waals surface area contributed by atoms with Crippen molar-refractivity contribution in [3.05, 3.63) is 0 Å². The number of aliphatic carboxylic acids is 1. The van der Waals surface area contributed by atoms with Crippen molar-refractivity contribution in [3.63, 3.8) is 0 Å². The zero-order valence-electron chi connectivity index (χ0n) is 6.66. The molecule has 0 aromatic carbocycles. The van der Waals surface area contributed by atoms with Crippen molar-refractivity contribution in [1.29, 1.82) is 0 Å². The average Bonchev–Trinajstić information content (AvgIpc) is 2.00. The minimum Gasteiger partial charge on any atom is -0.481 e. The van der Waals surface area contributed by atoms with Crippen molar-refractivity contribution in [2.45, 2.75) is 13.3 Å². The highest BCUT2D eigenvalue weighted by Gasteiger charge is 2.16. The molecule has 4 nitrogen and oxygen atoms in total. The van der Waals surface area contributed by atoms with E-state index >= 15 is 0 Å². The second-order valence-corrected chi connectivity index (χ2v) is 4.70. The van der Waals surface area contributed by atoms with Gasteiger partial charge in [0.15, 0.2) is 15.8 Å².